The highest BCUT2D eigenvalue weighted by Gasteiger charge is 2.25. The van der Waals surface area contributed by atoms with Gasteiger partial charge >= 0.3 is 5.97 Å². The van der Waals surface area contributed by atoms with Crippen LogP contribution < -0.4 is 4.74 Å². The van der Waals surface area contributed by atoms with Crippen molar-refractivity contribution in [1.29, 1.82) is 0 Å². The van der Waals surface area contributed by atoms with Crippen LogP contribution in [0.3, 0.4) is 0 Å². The first kappa shape index (κ1) is 15.2. The molecule has 114 valence electrons. The van der Waals surface area contributed by atoms with Crippen molar-refractivity contribution < 1.29 is 19.6 Å². The molecule has 2 atom stereocenters. The smallest absolute Gasteiger partial charge is 0.341 e. The summed E-state index contributed by atoms with van der Waals surface area (Å²) in [5, 5.41) is 19.8. The Balaban J connectivity index is 2.19. The standard InChI is InChI=1S/C14H18N2O5/c1-2-9-4-3-5-11(6-9)21-13-12(14(17)18)7-10(8-15-13)16(19)20/h7-9,11H,2-6H2,1H3,(H,17,18). The first-order valence-corrected chi connectivity index (χ1v) is 7.05. The average Bonchev–Trinajstić information content (AvgIpc) is 2.47. The van der Waals surface area contributed by atoms with Crippen LogP contribution in [0.1, 0.15) is 49.4 Å². The predicted octanol–water partition coefficient (Wildman–Crippen LogP) is 3.04. The fourth-order valence-corrected chi connectivity index (χ4v) is 2.67. The van der Waals surface area contributed by atoms with Crippen molar-refractivity contribution in [3.05, 3.63) is 27.9 Å². The Morgan fingerprint density at radius 1 is 1.57 bits per heavy atom. The number of aromatic carboxylic acids is 1. The molecule has 0 bridgehead atoms. The number of hydrogen-bond acceptors (Lipinski definition) is 5. The average molecular weight is 294 g/mol. The van der Waals surface area contributed by atoms with Gasteiger partial charge in [0, 0.05) is 6.07 Å². The molecule has 0 saturated heterocycles. The van der Waals surface area contributed by atoms with Crippen molar-refractivity contribution in [3.63, 3.8) is 0 Å². The van der Waals surface area contributed by atoms with Gasteiger partial charge in [-0.25, -0.2) is 9.78 Å². The molecule has 0 amide bonds. The zero-order valence-electron chi connectivity index (χ0n) is 11.8. The zero-order chi connectivity index (χ0) is 15.4. The molecule has 1 aromatic rings. The molecule has 21 heavy (non-hydrogen) atoms. The van der Waals surface area contributed by atoms with Crippen LogP contribution in [0.5, 0.6) is 5.88 Å². The quantitative estimate of drug-likeness (QED) is 0.661. The number of ether oxygens (including phenoxy) is 1. The summed E-state index contributed by atoms with van der Waals surface area (Å²) in [5.74, 6) is -0.728. The Morgan fingerprint density at radius 3 is 2.95 bits per heavy atom. The number of aromatic nitrogens is 1. The topological polar surface area (TPSA) is 103 Å². The van der Waals surface area contributed by atoms with E-state index in [-0.39, 0.29) is 23.2 Å². The van der Waals surface area contributed by atoms with Crippen molar-refractivity contribution in [3.8, 4) is 5.88 Å². The van der Waals surface area contributed by atoms with Gasteiger partial charge in [0.05, 0.1) is 4.92 Å². The number of rotatable bonds is 5. The molecule has 7 nitrogen and oxygen atoms in total. The molecule has 2 unspecified atom stereocenters. The molecule has 0 radical (unpaired) electrons. The molecule has 1 aromatic heterocycles. The maximum atomic E-state index is 11.2. The normalized spacial score (nSPS) is 21.8. The minimum atomic E-state index is -1.27. The molecule has 0 aliphatic heterocycles. The molecule has 2 rings (SSSR count). The van der Waals surface area contributed by atoms with Gasteiger partial charge in [-0.05, 0) is 25.2 Å². The summed E-state index contributed by atoms with van der Waals surface area (Å²) in [6.07, 6.45) is 5.95. The second-order valence-corrected chi connectivity index (χ2v) is 5.29. The van der Waals surface area contributed by atoms with Gasteiger partial charge < -0.3 is 9.84 Å². The maximum absolute atomic E-state index is 11.2. The molecular formula is C14H18N2O5. The van der Waals surface area contributed by atoms with E-state index >= 15 is 0 Å². The summed E-state index contributed by atoms with van der Waals surface area (Å²) in [7, 11) is 0. The fourth-order valence-electron chi connectivity index (χ4n) is 2.67. The van der Waals surface area contributed by atoms with Gasteiger partial charge in [0.15, 0.2) is 0 Å². The van der Waals surface area contributed by atoms with Crippen LogP contribution in [-0.4, -0.2) is 27.1 Å². The minimum Gasteiger partial charge on any atom is -0.477 e. The summed E-state index contributed by atoms with van der Waals surface area (Å²) in [6.45, 7) is 2.12. The van der Waals surface area contributed by atoms with Crippen molar-refractivity contribution in [2.75, 3.05) is 0 Å². The lowest BCUT2D eigenvalue weighted by molar-refractivity contribution is -0.385. The van der Waals surface area contributed by atoms with Gasteiger partial charge in [-0.3, -0.25) is 10.1 Å². The molecule has 1 N–H and O–H groups in total. The lowest BCUT2D eigenvalue weighted by Crippen LogP contribution is -2.26. The molecule has 1 heterocycles. The number of pyridine rings is 1. The highest BCUT2D eigenvalue weighted by molar-refractivity contribution is 5.90. The van der Waals surface area contributed by atoms with Crippen LogP contribution in [0, 0.1) is 16.0 Å². The van der Waals surface area contributed by atoms with Crippen molar-refractivity contribution >= 4 is 11.7 Å². The highest BCUT2D eigenvalue weighted by Crippen LogP contribution is 2.30. The van der Waals surface area contributed by atoms with Crippen molar-refractivity contribution in [1.82, 2.24) is 4.98 Å². The van der Waals surface area contributed by atoms with E-state index in [1.807, 2.05) is 0 Å². The number of hydrogen-bond donors (Lipinski definition) is 1. The van der Waals surface area contributed by atoms with Crippen molar-refractivity contribution in [2.45, 2.75) is 45.1 Å². The number of carboxylic acid groups (broad SMARTS) is 1. The Hall–Kier alpha value is -2.18. The van der Waals surface area contributed by atoms with Crippen LogP contribution in [0.4, 0.5) is 5.69 Å². The predicted molar refractivity (Wildman–Crippen MR) is 74.5 cm³/mol. The van der Waals surface area contributed by atoms with E-state index in [4.69, 9.17) is 9.84 Å². The summed E-state index contributed by atoms with van der Waals surface area (Å²) in [5.41, 5.74) is -0.613. The van der Waals surface area contributed by atoms with Crippen LogP contribution in [0.25, 0.3) is 0 Å². The monoisotopic (exact) mass is 294 g/mol. The van der Waals surface area contributed by atoms with E-state index in [0.717, 1.165) is 44.4 Å². The van der Waals surface area contributed by atoms with E-state index in [1.165, 1.54) is 0 Å². The van der Waals surface area contributed by atoms with Crippen LogP contribution in [0.2, 0.25) is 0 Å². The molecule has 0 aromatic carbocycles. The second kappa shape index (κ2) is 6.51. The van der Waals surface area contributed by atoms with Gasteiger partial charge in [0.1, 0.15) is 17.9 Å². The third kappa shape index (κ3) is 3.68. The Morgan fingerprint density at radius 2 is 2.33 bits per heavy atom. The van der Waals surface area contributed by atoms with Gasteiger partial charge in [0.25, 0.3) is 5.69 Å². The van der Waals surface area contributed by atoms with Gasteiger partial charge in [-0.1, -0.05) is 19.8 Å². The molecule has 1 saturated carbocycles. The van der Waals surface area contributed by atoms with Gasteiger partial charge in [-0.15, -0.1) is 0 Å². The lowest BCUT2D eigenvalue weighted by Gasteiger charge is -2.28. The summed E-state index contributed by atoms with van der Waals surface area (Å²) >= 11 is 0. The van der Waals surface area contributed by atoms with Crippen LogP contribution in [0.15, 0.2) is 12.3 Å². The SMILES string of the molecule is CCC1CCCC(Oc2ncc([N+](=O)[O-])cc2C(=O)O)C1. The molecule has 7 heteroatoms. The van der Waals surface area contributed by atoms with E-state index < -0.39 is 10.9 Å². The number of nitro groups is 1. The lowest BCUT2D eigenvalue weighted by atomic mass is 9.85. The van der Waals surface area contributed by atoms with E-state index in [0.29, 0.717) is 5.92 Å². The summed E-state index contributed by atoms with van der Waals surface area (Å²) < 4.78 is 5.70. The first-order chi connectivity index (χ1) is 10.0. The maximum Gasteiger partial charge on any atom is 0.341 e. The van der Waals surface area contributed by atoms with E-state index in [9.17, 15) is 14.9 Å². The molecular weight excluding hydrogens is 276 g/mol. The number of nitrogens with zero attached hydrogens (tertiary/aromatic N) is 2. The van der Waals surface area contributed by atoms with Crippen LogP contribution in [-0.2, 0) is 0 Å². The number of carboxylic acids is 1. The molecule has 1 aliphatic rings. The zero-order valence-corrected chi connectivity index (χ0v) is 11.8. The minimum absolute atomic E-state index is 0.0325. The van der Waals surface area contributed by atoms with E-state index in [1.54, 1.807) is 0 Å². The molecule has 1 aliphatic carbocycles. The summed E-state index contributed by atoms with van der Waals surface area (Å²) in [4.78, 5) is 25.1. The summed E-state index contributed by atoms with van der Waals surface area (Å²) in [6, 6.07) is 0.991. The largest absolute Gasteiger partial charge is 0.477 e. The third-order valence-electron chi connectivity index (χ3n) is 3.87. The number of carbonyl (C=O) groups is 1. The Bertz CT molecular complexity index is 546. The Kier molecular flexibility index (Phi) is 4.72. The van der Waals surface area contributed by atoms with Crippen molar-refractivity contribution in [2.24, 2.45) is 5.92 Å². The van der Waals surface area contributed by atoms with E-state index in [2.05, 4.69) is 11.9 Å². The van der Waals surface area contributed by atoms with Gasteiger partial charge in [0.2, 0.25) is 5.88 Å². The first-order valence-electron chi connectivity index (χ1n) is 7.05. The second-order valence-electron chi connectivity index (χ2n) is 5.29. The third-order valence-corrected chi connectivity index (χ3v) is 3.87. The van der Waals surface area contributed by atoms with Crippen LogP contribution >= 0.6 is 0 Å². The highest BCUT2D eigenvalue weighted by atomic mass is 16.6. The van der Waals surface area contributed by atoms with Gasteiger partial charge in [-0.2, -0.15) is 0 Å². The molecule has 0 spiro atoms. The fraction of sp³-hybridized carbons (Fsp3) is 0.571. The Labute approximate surface area is 122 Å². The molecule has 1 fully saturated rings.